The number of rotatable bonds is 16. The molecule has 0 unspecified atom stereocenters. The Morgan fingerprint density at radius 3 is 1.45 bits per heavy atom. The summed E-state index contributed by atoms with van der Waals surface area (Å²) in [4.78, 5) is 23.3. The molecule has 0 saturated carbocycles. The van der Waals surface area contributed by atoms with E-state index in [1.165, 1.54) is 25.7 Å². The topological polar surface area (TPSA) is 57.6 Å². The summed E-state index contributed by atoms with van der Waals surface area (Å²) in [5, 5.41) is 10.8. The Labute approximate surface area is 136 Å². The summed E-state index contributed by atoms with van der Waals surface area (Å²) in [5.41, 5.74) is 0. The van der Waals surface area contributed by atoms with Gasteiger partial charge in [-0.05, 0) is 12.8 Å². The highest BCUT2D eigenvalue weighted by Gasteiger charge is 2.08. The number of carbonyl (C=O) groups excluding carboxylic acids is 2. The molecule has 0 aromatic rings. The lowest BCUT2D eigenvalue weighted by molar-refractivity contribution is -0.129. The second-order valence-electron chi connectivity index (χ2n) is 6.15. The molecule has 1 N–H and O–H groups in total. The Balaban J connectivity index is 3.53. The van der Waals surface area contributed by atoms with Crippen LogP contribution in [0.1, 0.15) is 90.9 Å². The first-order chi connectivity index (χ1) is 10.6. The van der Waals surface area contributed by atoms with Crippen LogP contribution in [0.4, 0.5) is 0 Å². The Kier molecular flexibility index (Phi) is 14.7. The van der Waals surface area contributed by atoms with Gasteiger partial charge in [0.05, 0.1) is 0 Å². The van der Waals surface area contributed by atoms with Gasteiger partial charge in [0.15, 0.2) is 0 Å². The van der Waals surface area contributed by atoms with E-state index in [0.29, 0.717) is 38.8 Å². The third-order valence-electron chi connectivity index (χ3n) is 3.92. The number of nitrogens with zero attached hydrogens (tertiary/aromatic N) is 1. The fourth-order valence-electron chi connectivity index (χ4n) is 2.37. The summed E-state index contributed by atoms with van der Waals surface area (Å²) in [6.07, 6.45) is 10.8. The Hall–Kier alpha value is -0.740. The third kappa shape index (κ3) is 14.2. The van der Waals surface area contributed by atoms with Crippen molar-refractivity contribution in [3.05, 3.63) is 0 Å². The molecule has 130 valence electrons. The van der Waals surface area contributed by atoms with Crippen LogP contribution in [0.3, 0.4) is 0 Å². The predicted molar refractivity (Wildman–Crippen MR) is 90.1 cm³/mol. The highest BCUT2D eigenvalue weighted by Crippen LogP contribution is 2.06. The summed E-state index contributed by atoms with van der Waals surface area (Å²) >= 11 is 0. The van der Waals surface area contributed by atoms with Gasteiger partial charge in [0.2, 0.25) is 0 Å². The number of unbranched alkanes of at least 4 members (excludes halogenated alkanes) is 6. The summed E-state index contributed by atoms with van der Waals surface area (Å²) in [6.45, 7) is 4.98. The Morgan fingerprint density at radius 2 is 1.09 bits per heavy atom. The monoisotopic (exact) mass is 313 g/mol. The molecule has 22 heavy (non-hydrogen) atoms. The molecular formula is C18H35NO3. The quantitative estimate of drug-likeness (QED) is 0.336. The van der Waals surface area contributed by atoms with Crippen LogP contribution in [0, 0.1) is 0 Å². The summed E-state index contributed by atoms with van der Waals surface area (Å²) in [6, 6.07) is 0. The molecule has 0 aliphatic rings. The van der Waals surface area contributed by atoms with Gasteiger partial charge in [-0.15, -0.1) is 0 Å². The summed E-state index contributed by atoms with van der Waals surface area (Å²) < 4.78 is 0. The van der Waals surface area contributed by atoms with Crippen molar-refractivity contribution in [1.29, 1.82) is 0 Å². The van der Waals surface area contributed by atoms with E-state index in [-0.39, 0.29) is 11.6 Å². The highest BCUT2D eigenvalue weighted by atomic mass is 16.5. The van der Waals surface area contributed by atoms with Crippen LogP contribution in [0.15, 0.2) is 0 Å². The minimum atomic E-state index is 0.209. The number of hydrogen-bond donors (Lipinski definition) is 1. The van der Waals surface area contributed by atoms with E-state index >= 15 is 0 Å². The van der Waals surface area contributed by atoms with Crippen LogP contribution in [-0.4, -0.2) is 34.9 Å². The lowest BCUT2D eigenvalue weighted by Gasteiger charge is -2.13. The smallest absolute Gasteiger partial charge is 0.134 e. The van der Waals surface area contributed by atoms with Gasteiger partial charge in [0, 0.05) is 38.8 Å². The van der Waals surface area contributed by atoms with Gasteiger partial charge < -0.3 is 5.21 Å². The highest BCUT2D eigenvalue weighted by molar-refractivity contribution is 5.79. The first-order valence-corrected chi connectivity index (χ1v) is 9.07. The van der Waals surface area contributed by atoms with Crippen molar-refractivity contribution in [3.8, 4) is 0 Å². The molecule has 0 aromatic carbocycles. The standard InChI is InChI=1S/C18H35NO3/c1-3-5-7-9-11-17(20)13-15-19(22)16-14-18(21)12-10-8-6-4-2/h22H,3-16H2,1-2H3. The van der Waals surface area contributed by atoms with Crippen molar-refractivity contribution in [2.24, 2.45) is 0 Å². The van der Waals surface area contributed by atoms with Crippen molar-refractivity contribution < 1.29 is 14.8 Å². The zero-order valence-electron chi connectivity index (χ0n) is 14.6. The fraction of sp³-hybridized carbons (Fsp3) is 0.889. The zero-order chi connectivity index (χ0) is 16.6. The molecule has 0 heterocycles. The van der Waals surface area contributed by atoms with Crippen LogP contribution >= 0.6 is 0 Å². The molecule has 4 heteroatoms. The van der Waals surface area contributed by atoms with E-state index in [1.807, 2.05) is 0 Å². The first-order valence-electron chi connectivity index (χ1n) is 9.07. The van der Waals surface area contributed by atoms with Gasteiger partial charge in [0.1, 0.15) is 11.6 Å². The van der Waals surface area contributed by atoms with E-state index in [2.05, 4.69) is 13.8 Å². The maximum atomic E-state index is 11.6. The lowest BCUT2D eigenvalue weighted by Crippen LogP contribution is -2.25. The number of hydroxylamine groups is 2. The van der Waals surface area contributed by atoms with Crippen LogP contribution < -0.4 is 0 Å². The summed E-state index contributed by atoms with van der Waals surface area (Å²) in [7, 11) is 0. The van der Waals surface area contributed by atoms with Crippen LogP contribution in [0.5, 0.6) is 0 Å². The number of Topliss-reactive ketones (excluding diaryl/α,β-unsaturated/α-hetero) is 2. The SMILES string of the molecule is CCCCCCC(=O)CCN(O)CCC(=O)CCCCCC. The van der Waals surface area contributed by atoms with Crippen LogP contribution in [0.25, 0.3) is 0 Å². The summed E-state index contributed by atoms with van der Waals surface area (Å²) in [5.74, 6) is 0.419. The van der Waals surface area contributed by atoms with Gasteiger partial charge in [-0.25, -0.2) is 0 Å². The van der Waals surface area contributed by atoms with Gasteiger partial charge in [-0.1, -0.05) is 52.4 Å². The van der Waals surface area contributed by atoms with Gasteiger partial charge in [-0.2, -0.15) is 5.06 Å². The molecule has 0 aliphatic heterocycles. The average molecular weight is 313 g/mol. The molecule has 0 aliphatic carbocycles. The molecule has 0 aromatic heterocycles. The van der Waals surface area contributed by atoms with Crippen molar-refractivity contribution >= 4 is 11.6 Å². The maximum Gasteiger partial charge on any atom is 0.134 e. The molecule has 0 radical (unpaired) electrons. The zero-order valence-corrected chi connectivity index (χ0v) is 14.6. The molecule has 0 spiro atoms. The van der Waals surface area contributed by atoms with Crippen molar-refractivity contribution in [3.63, 3.8) is 0 Å². The van der Waals surface area contributed by atoms with Crippen LogP contribution in [-0.2, 0) is 9.59 Å². The number of hydrogen-bond acceptors (Lipinski definition) is 4. The Bertz CT molecular complexity index is 264. The third-order valence-corrected chi connectivity index (χ3v) is 3.92. The van der Waals surface area contributed by atoms with E-state index in [4.69, 9.17) is 0 Å². The molecule has 0 saturated heterocycles. The second kappa shape index (κ2) is 15.2. The van der Waals surface area contributed by atoms with E-state index in [1.54, 1.807) is 0 Å². The normalized spacial score (nSPS) is 11.1. The van der Waals surface area contributed by atoms with E-state index in [9.17, 15) is 14.8 Å². The van der Waals surface area contributed by atoms with Gasteiger partial charge in [0.25, 0.3) is 0 Å². The van der Waals surface area contributed by atoms with E-state index < -0.39 is 0 Å². The number of ketones is 2. The molecule has 0 fully saturated rings. The molecule has 0 rings (SSSR count). The Morgan fingerprint density at radius 1 is 0.682 bits per heavy atom. The van der Waals surface area contributed by atoms with Gasteiger partial charge in [-0.3, -0.25) is 9.59 Å². The van der Waals surface area contributed by atoms with Crippen molar-refractivity contribution in [2.45, 2.75) is 90.9 Å². The maximum absolute atomic E-state index is 11.6. The van der Waals surface area contributed by atoms with Gasteiger partial charge >= 0.3 is 0 Å². The predicted octanol–water partition coefficient (Wildman–Crippen LogP) is 4.54. The largest absolute Gasteiger partial charge is 0.314 e. The van der Waals surface area contributed by atoms with E-state index in [0.717, 1.165) is 30.7 Å². The van der Waals surface area contributed by atoms with Crippen molar-refractivity contribution in [1.82, 2.24) is 5.06 Å². The fourth-order valence-corrected chi connectivity index (χ4v) is 2.37. The molecule has 4 nitrogen and oxygen atoms in total. The number of carbonyl (C=O) groups is 2. The van der Waals surface area contributed by atoms with Crippen molar-refractivity contribution in [2.75, 3.05) is 13.1 Å². The second-order valence-corrected chi connectivity index (χ2v) is 6.15. The minimum Gasteiger partial charge on any atom is -0.314 e. The lowest BCUT2D eigenvalue weighted by atomic mass is 10.1. The molecule has 0 bridgehead atoms. The molecule has 0 atom stereocenters. The molecular weight excluding hydrogens is 278 g/mol. The minimum absolute atomic E-state index is 0.209. The first kappa shape index (κ1) is 21.3. The molecule has 0 amide bonds. The average Bonchev–Trinajstić information content (AvgIpc) is 2.51. The van der Waals surface area contributed by atoms with Crippen LogP contribution in [0.2, 0.25) is 0 Å².